The third-order valence-corrected chi connectivity index (χ3v) is 4.24. The number of hydrogen-bond acceptors (Lipinski definition) is 4. The Balaban J connectivity index is 2.24. The van der Waals surface area contributed by atoms with Gasteiger partial charge in [0.1, 0.15) is 5.75 Å². The summed E-state index contributed by atoms with van der Waals surface area (Å²) in [7, 11) is 1.51. The van der Waals surface area contributed by atoms with Crippen LogP contribution in [0.4, 0.5) is 5.69 Å². The number of anilines is 1. The minimum atomic E-state index is -0.443. The highest BCUT2D eigenvalue weighted by Gasteiger charge is 2.14. The third kappa shape index (κ3) is 4.64. The van der Waals surface area contributed by atoms with Crippen LogP contribution in [-0.2, 0) is 4.79 Å². The van der Waals surface area contributed by atoms with Gasteiger partial charge in [-0.1, -0.05) is 23.7 Å². The molecule has 5 nitrogen and oxygen atoms in total. The average molecular weight is 351 g/mol. The average Bonchev–Trinajstić information content (AvgIpc) is 2.53. The first kappa shape index (κ1) is 17.2. The minimum absolute atomic E-state index is 0.102. The first-order chi connectivity index (χ1) is 11.0. The van der Waals surface area contributed by atoms with Gasteiger partial charge in [0, 0.05) is 9.92 Å². The highest BCUT2D eigenvalue weighted by Crippen LogP contribution is 2.29. The van der Waals surface area contributed by atoms with Crippen LogP contribution in [0.5, 0.6) is 5.75 Å². The van der Waals surface area contributed by atoms with Crippen molar-refractivity contribution >= 4 is 40.9 Å². The van der Waals surface area contributed by atoms with Gasteiger partial charge in [-0.2, -0.15) is 0 Å². The van der Waals surface area contributed by atoms with Crippen molar-refractivity contribution in [3.8, 4) is 5.75 Å². The lowest BCUT2D eigenvalue weighted by molar-refractivity contribution is -0.115. The Kier molecular flexibility index (Phi) is 5.90. The maximum atomic E-state index is 12.5. The van der Waals surface area contributed by atoms with Crippen LogP contribution in [0.25, 0.3) is 0 Å². The van der Waals surface area contributed by atoms with Gasteiger partial charge in [-0.3, -0.25) is 9.59 Å². The molecular formula is C16H15ClN2O3S. The molecule has 0 aliphatic carbocycles. The molecule has 2 rings (SSSR count). The number of rotatable bonds is 6. The van der Waals surface area contributed by atoms with Crippen LogP contribution in [0.15, 0.2) is 47.4 Å². The van der Waals surface area contributed by atoms with Gasteiger partial charge >= 0.3 is 0 Å². The number of nitrogens with two attached hydrogens (primary N) is 1. The van der Waals surface area contributed by atoms with E-state index in [-0.39, 0.29) is 11.7 Å². The quantitative estimate of drug-likeness (QED) is 0.784. The molecule has 0 aromatic heterocycles. The summed E-state index contributed by atoms with van der Waals surface area (Å²) in [6.07, 6.45) is 0. The molecule has 0 saturated heterocycles. The number of benzene rings is 2. The third-order valence-electron chi connectivity index (χ3n) is 2.91. The molecule has 2 aromatic carbocycles. The summed E-state index contributed by atoms with van der Waals surface area (Å²) in [5.41, 5.74) is 6.07. The van der Waals surface area contributed by atoms with Crippen LogP contribution < -0.4 is 15.8 Å². The number of carbonyl (C=O) groups excluding carboxylic acids is 2. The summed E-state index contributed by atoms with van der Waals surface area (Å²) in [6, 6.07) is 11.9. The van der Waals surface area contributed by atoms with Crippen LogP contribution in [0, 0.1) is 0 Å². The van der Waals surface area contributed by atoms with Crippen molar-refractivity contribution in [1.29, 1.82) is 0 Å². The Morgan fingerprint density at radius 1 is 1.26 bits per heavy atom. The monoisotopic (exact) mass is 350 g/mol. The second-order valence-electron chi connectivity index (χ2n) is 4.55. The van der Waals surface area contributed by atoms with Crippen LogP contribution >= 0.6 is 23.4 Å². The Morgan fingerprint density at radius 3 is 2.70 bits per heavy atom. The summed E-state index contributed by atoms with van der Waals surface area (Å²) in [6.45, 7) is 0. The van der Waals surface area contributed by atoms with E-state index in [1.807, 2.05) is 0 Å². The van der Waals surface area contributed by atoms with E-state index in [0.717, 1.165) is 0 Å². The number of halogens is 1. The second kappa shape index (κ2) is 7.89. The highest BCUT2D eigenvalue weighted by atomic mass is 35.5. The van der Waals surface area contributed by atoms with Crippen LogP contribution in [0.2, 0.25) is 5.02 Å². The van der Waals surface area contributed by atoms with Crippen LogP contribution in [-0.4, -0.2) is 24.7 Å². The molecule has 0 bridgehead atoms. The fraction of sp³-hybridized carbons (Fsp3) is 0.125. The molecule has 23 heavy (non-hydrogen) atoms. The van der Waals surface area contributed by atoms with E-state index in [2.05, 4.69) is 5.32 Å². The van der Waals surface area contributed by atoms with Gasteiger partial charge in [0.15, 0.2) is 0 Å². The standard InChI is InChI=1S/C16H15ClN2O3S/c1-22-13-7-6-10(17)8-12(13)19-16(21)11-4-2-3-5-14(11)23-9-15(18)20/h2-8H,9H2,1H3,(H2,18,20)(H,19,21). The van der Waals surface area contributed by atoms with E-state index in [4.69, 9.17) is 22.1 Å². The lowest BCUT2D eigenvalue weighted by atomic mass is 10.2. The molecule has 0 unspecified atom stereocenters. The first-order valence-corrected chi connectivity index (χ1v) is 8.02. The lowest BCUT2D eigenvalue weighted by Crippen LogP contribution is -2.16. The topological polar surface area (TPSA) is 81.4 Å². The number of hydrogen-bond donors (Lipinski definition) is 2. The molecule has 2 aromatic rings. The van der Waals surface area contributed by atoms with Gasteiger partial charge in [-0.15, -0.1) is 11.8 Å². The Labute approximate surface area is 143 Å². The molecule has 0 aliphatic heterocycles. The van der Waals surface area contributed by atoms with Gasteiger partial charge in [0.2, 0.25) is 5.91 Å². The van der Waals surface area contributed by atoms with Crippen molar-refractivity contribution in [3.05, 3.63) is 53.1 Å². The van der Waals surface area contributed by atoms with Crippen molar-refractivity contribution in [3.63, 3.8) is 0 Å². The summed E-state index contributed by atoms with van der Waals surface area (Å²) in [4.78, 5) is 24.1. The fourth-order valence-electron chi connectivity index (χ4n) is 1.90. The molecule has 120 valence electrons. The van der Waals surface area contributed by atoms with Crippen molar-refractivity contribution in [1.82, 2.24) is 0 Å². The number of thioether (sulfide) groups is 1. The molecule has 0 radical (unpaired) electrons. The zero-order chi connectivity index (χ0) is 16.8. The molecule has 3 N–H and O–H groups in total. The molecule has 0 fully saturated rings. The Bertz CT molecular complexity index is 737. The highest BCUT2D eigenvalue weighted by molar-refractivity contribution is 8.00. The summed E-state index contributed by atoms with van der Waals surface area (Å²) >= 11 is 7.17. The van der Waals surface area contributed by atoms with E-state index in [9.17, 15) is 9.59 Å². The predicted octanol–water partition coefficient (Wildman–Crippen LogP) is 3.18. The smallest absolute Gasteiger partial charge is 0.256 e. The number of carbonyl (C=O) groups is 2. The predicted molar refractivity (Wildman–Crippen MR) is 92.3 cm³/mol. The summed E-state index contributed by atoms with van der Waals surface area (Å²) in [5.74, 6) is -0.157. The molecule has 0 aliphatic rings. The largest absolute Gasteiger partial charge is 0.495 e. The number of primary amides is 1. The summed E-state index contributed by atoms with van der Waals surface area (Å²) in [5, 5.41) is 3.25. The van der Waals surface area contributed by atoms with E-state index in [1.165, 1.54) is 18.9 Å². The first-order valence-electron chi connectivity index (χ1n) is 6.66. The lowest BCUT2D eigenvalue weighted by Gasteiger charge is -2.12. The maximum Gasteiger partial charge on any atom is 0.256 e. The Hall–Kier alpha value is -2.18. The maximum absolute atomic E-state index is 12.5. The summed E-state index contributed by atoms with van der Waals surface area (Å²) < 4.78 is 5.21. The normalized spacial score (nSPS) is 10.2. The molecular weight excluding hydrogens is 336 g/mol. The zero-order valence-electron chi connectivity index (χ0n) is 12.3. The number of nitrogens with one attached hydrogen (secondary N) is 1. The minimum Gasteiger partial charge on any atom is -0.495 e. The molecule has 0 heterocycles. The number of ether oxygens (including phenoxy) is 1. The van der Waals surface area contributed by atoms with E-state index in [0.29, 0.717) is 26.9 Å². The van der Waals surface area contributed by atoms with E-state index < -0.39 is 5.91 Å². The molecule has 0 atom stereocenters. The van der Waals surface area contributed by atoms with Gasteiger partial charge in [0.25, 0.3) is 5.91 Å². The van der Waals surface area contributed by atoms with Crippen LogP contribution in [0.1, 0.15) is 10.4 Å². The fourth-order valence-corrected chi connectivity index (χ4v) is 2.86. The van der Waals surface area contributed by atoms with Gasteiger partial charge in [-0.25, -0.2) is 0 Å². The van der Waals surface area contributed by atoms with Gasteiger partial charge in [-0.05, 0) is 30.3 Å². The van der Waals surface area contributed by atoms with Crippen molar-refractivity contribution in [2.24, 2.45) is 5.73 Å². The second-order valence-corrected chi connectivity index (χ2v) is 6.00. The van der Waals surface area contributed by atoms with E-state index >= 15 is 0 Å². The Morgan fingerprint density at radius 2 is 2.00 bits per heavy atom. The molecule has 7 heteroatoms. The van der Waals surface area contributed by atoms with Crippen molar-refractivity contribution in [2.75, 3.05) is 18.2 Å². The zero-order valence-corrected chi connectivity index (χ0v) is 13.9. The van der Waals surface area contributed by atoms with Gasteiger partial charge < -0.3 is 15.8 Å². The SMILES string of the molecule is COc1ccc(Cl)cc1NC(=O)c1ccccc1SCC(N)=O. The molecule has 0 spiro atoms. The molecule has 0 saturated carbocycles. The van der Waals surface area contributed by atoms with Gasteiger partial charge in [0.05, 0.1) is 24.1 Å². The van der Waals surface area contributed by atoms with E-state index in [1.54, 1.807) is 42.5 Å². The van der Waals surface area contributed by atoms with Crippen molar-refractivity contribution in [2.45, 2.75) is 4.90 Å². The molecule has 2 amide bonds. The van der Waals surface area contributed by atoms with Crippen LogP contribution in [0.3, 0.4) is 0 Å². The number of amides is 2. The number of methoxy groups -OCH3 is 1. The van der Waals surface area contributed by atoms with Crippen molar-refractivity contribution < 1.29 is 14.3 Å².